The van der Waals surface area contributed by atoms with Crippen LogP contribution in [0.1, 0.15) is 17.3 Å². The van der Waals surface area contributed by atoms with E-state index < -0.39 is 11.8 Å². The van der Waals surface area contributed by atoms with E-state index in [1.807, 2.05) is 11.8 Å². The summed E-state index contributed by atoms with van der Waals surface area (Å²) in [6.45, 7) is 3.73. The number of nitrogens with zero attached hydrogens (tertiary/aromatic N) is 2. The predicted octanol–water partition coefficient (Wildman–Crippen LogP) is 2.24. The molecule has 0 unspecified atom stereocenters. The molecule has 1 atom stereocenters. The highest BCUT2D eigenvalue weighted by Crippen LogP contribution is 2.30. The monoisotopic (exact) mass is 292 g/mol. The summed E-state index contributed by atoms with van der Waals surface area (Å²) in [7, 11) is 1.76. The highest BCUT2D eigenvalue weighted by molar-refractivity contribution is 6.04. The van der Waals surface area contributed by atoms with Gasteiger partial charge in [-0.25, -0.2) is 9.18 Å². The highest BCUT2D eigenvalue weighted by Gasteiger charge is 2.24. The molecule has 0 saturated carbocycles. The van der Waals surface area contributed by atoms with Gasteiger partial charge < -0.3 is 19.3 Å². The number of benzene rings is 1. The molecule has 6 heteroatoms. The zero-order valence-electron chi connectivity index (χ0n) is 12.0. The lowest BCUT2D eigenvalue weighted by molar-refractivity contribution is 0.0699. The van der Waals surface area contributed by atoms with E-state index in [9.17, 15) is 14.3 Å². The first-order chi connectivity index (χ1) is 9.99. The Balaban J connectivity index is 2.15. The third kappa shape index (κ3) is 2.25. The zero-order valence-corrected chi connectivity index (χ0v) is 12.0. The Kier molecular flexibility index (Phi) is 3.33. The van der Waals surface area contributed by atoms with Gasteiger partial charge >= 0.3 is 5.97 Å². The van der Waals surface area contributed by atoms with Crippen LogP contribution in [0.5, 0.6) is 0 Å². The number of aromatic nitrogens is 1. The normalized spacial score (nSPS) is 19.2. The molecular weight excluding hydrogens is 275 g/mol. The van der Waals surface area contributed by atoms with Crippen LogP contribution in [0.15, 0.2) is 18.3 Å². The van der Waals surface area contributed by atoms with Gasteiger partial charge in [0, 0.05) is 31.2 Å². The number of carboxylic acids is 1. The van der Waals surface area contributed by atoms with Crippen LogP contribution in [0.2, 0.25) is 0 Å². The Bertz CT molecular complexity index is 710. The molecule has 21 heavy (non-hydrogen) atoms. The predicted molar refractivity (Wildman–Crippen MR) is 77.5 cm³/mol. The van der Waals surface area contributed by atoms with Crippen LogP contribution in [0.4, 0.5) is 10.1 Å². The number of aromatic carboxylic acids is 1. The van der Waals surface area contributed by atoms with E-state index in [0.717, 1.165) is 0 Å². The van der Waals surface area contributed by atoms with Crippen molar-refractivity contribution in [1.29, 1.82) is 0 Å². The van der Waals surface area contributed by atoms with Gasteiger partial charge in [0.05, 0.1) is 30.0 Å². The summed E-state index contributed by atoms with van der Waals surface area (Å²) in [5.74, 6) is -1.45. The van der Waals surface area contributed by atoms with Crippen molar-refractivity contribution in [3.63, 3.8) is 0 Å². The molecule has 1 fully saturated rings. The van der Waals surface area contributed by atoms with E-state index in [0.29, 0.717) is 36.3 Å². The van der Waals surface area contributed by atoms with Gasteiger partial charge in [0.2, 0.25) is 0 Å². The number of hydrogen-bond donors (Lipinski definition) is 1. The van der Waals surface area contributed by atoms with E-state index in [-0.39, 0.29) is 11.6 Å². The van der Waals surface area contributed by atoms with E-state index in [2.05, 4.69) is 0 Å². The number of morpholine rings is 1. The van der Waals surface area contributed by atoms with Crippen LogP contribution < -0.4 is 4.90 Å². The third-order valence-corrected chi connectivity index (χ3v) is 3.97. The van der Waals surface area contributed by atoms with Gasteiger partial charge in [0.1, 0.15) is 5.82 Å². The molecule has 1 aliphatic rings. The molecule has 1 saturated heterocycles. The van der Waals surface area contributed by atoms with Crippen molar-refractivity contribution >= 4 is 22.6 Å². The Morgan fingerprint density at radius 3 is 2.90 bits per heavy atom. The Morgan fingerprint density at radius 1 is 1.48 bits per heavy atom. The van der Waals surface area contributed by atoms with Crippen molar-refractivity contribution < 1.29 is 19.0 Å². The van der Waals surface area contributed by atoms with Crippen molar-refractivity contribution in [2.75, 3.05) is 24.7 Å². The Hall–Kier alpha value is -2.08. The van der Waals surface area contributed by atoms with Gasteiger partial charge in [-0.1, -0.05) is 0 Å². The van der Waals surface area contributed by atoms with Gasteiger partial charge in [0.15, 0.2) is 0 Å². The molecule has 1 N–H and O–H groups in total. The number of hydrogen-bond acceptors (Lipinski definition) is 3. The van der Waals surface area contributed by atoms with Crippen molar-refractivity contribution in [2.45, 2.75) is 13.0 Å². The van der Waals surface area contributed by atoms with E-state index in [4.69, 9.17) is 4.74 Å². The molecule has 0 amide bonds. The summed E-state index contributed by atoms with van der Waals surface area (Å²) in [5.41, 5.74) is 1.33. The van der Waals surface area contributed by atoms with Crippen LogP contribution in [-0.4, -0.2) is 41.4 Å². The van der Waals surface area contributed by atoms with Crippen LogP contribution in [0.3, 0.4) is 0 Å². The second-order valence-corrected chi connectivity index (χ2v) is 5.40. The van der Waals surface area contributed by atoms with Crippen molar-refractivity contribution in [2.24, 2.45) is 7.05 Å². The Morgan fingerprint density at radius 2 is 2.24 bits per heavy atom. The smallest absolute Gasteiger partial charge is 0.337 e. The molecule has 1 aliphatic heterocycles. The van der Waals surface area contributed by atoms with Crippen LogP contribution >= 0.6 is 0 Å². The van der Waals surface area contributed by atoms with Crippen LogP contribution in [0.25, 0.3) is 10.9 Å². The fourth-order valence-corrected chi connectivity index (χ4v) is 2.87. The van der Waals surface area contributed by atoms with Crippen molar-refractivity contribution in [1.82, 2.24) is 4.57 Å². The number of halogens is 1. The fraction of sp³-hybridized carbons (Fsp3) is 0.400. The molecule has 1 aromatic heterocycles. The minimum Gasteiger partial charge on any atom is -0.478 e. The number of anilines is 1. The quantitative estimate of drug-likeness (QED) is 0.922. The lowest BCUT2D eigenvalue weighted by Gasteiger charge is -2.35. The molecule has 3 rings (SSSR count). The first-order valence-corrected chi connectivity index (χ1v) is 6.85. The molecule has 2 heterocycles. The van der Waals surface area contributed by atoms with Crippen LogP contribution in [0, 0.1) is 5.82 Å². The number of carbonyl (C=O) groups is 1. The zero-order chi connectivity index (χ0) is 15.1. The third-order valence-electron chi connectivity index (χ3n) is 3.97. The van der Waals surface area contributed by atoms with Crippen molar-refractivity contribution in [3.8, 4) is 0 Å². The Labute approximate surface area is 121 Å². The number of carboxylic acid groups (broad SMARTS) is 1. The fourth-order valence-electron chi connectivity index (χ4n) is 2.87. The van der Waals surface area contributed by atoms with Gasteiger partial charge in [-0.2, -0.15) is 0 Å². The SMILES string of the molecule is C[C@@H]1COCCN1c1cc2c(cc1F)c(C(=O)O)cn2C. The average Bonchev–Trinajstić information content (AvgIpc) is 2.76. The first-order valence-electron chi connectivity index (χ1n) is 6.85. The molecule has 0 spiro atoms. The average molecular weight is 292 g/mol. The highest BCUT2D eigenvalue weighted by atomic mass is 19.1. The van der Waals surface area contributed by atoms with E-state index >= 15 is 0 Å². The molecule has 0 bridgehead atoms. The van der Waals surface area contributed by atoms with E-state index in [1.165, 1.54) is 12.3 Å². The summed E-state index contributed by atoms with van der Waals surface area (Å²) < 4.78 is 21.5. The first kappa shape index (κ1) is 13.9. The van der Waals surface area contributed by atoms with Gasteiger partial charge in [-0.3, -0.25) is 0 Å². The number of ether oxygens (including phenoxy) is 1. The topological polar surface area (TPSA) is 54.7 Å². The maximum absolute atomic E-state index is 14.4. The summed E-state index contributed by atoms with van der Waals surface area (Å²) >= 11 is 0. The molecule has 1 aromatic carbocycles. The largest absolute Gasteiger partial charge is 0.478 e. The van der Waals surface area contributed by atoms with Gasteiger partial charge in [-0.05, 0) is 19.1 Å². The molecular formula is C15H17FN2O3. The maximum atomic E-state index is 14.4. The summed E-state index contributed by atoms with van der Waals surface area (Å²) in [4.78, 5) is 13.2. The summed E-state index contributed by atoms with van der Waals surface area (Å²) in [5, 5.41) is 9.61. The summed E-state index contributed by atoms with van der Waals surface area (Å²) in [6, 6.07) is 3.12. The second kappa shape index (κ2) is 5.04. The van der Waals surface area contributed by atoms with Gasteiger partial charge in [0.25, 0.3) is 0 Å². The van der Waals surface area contributed by atoms with Crippen LogP contribution in [-0.2, 0) is 11.8 Å². The molecule has 112 valence electrons. The van der Waals surface area contributed by atoms with E-state index in [1.54, 1.807) is 17.7 Å². The second-order valence-electron chi connectivity index (χ2n) is 5.40. The van der Waals surface area contributed by atoms with Crippen molar-refractivity contribution in [3.05, 3.63) is 29.7 Å². The maximum Gasteiger partial charge on any atom is 0.337 e. The molecule has 0 aliphatic carbocycles. The molecule has 2 aromatic rings. The standard InChI is InChI=1S/C15H17FN2O3/c1-9-8-21-4-3-18(9)14-6-13-10(5-12(14)16)11(15(19)20)7-17(13)2/h5-7,9H,3-4,8H2,1-2H3,(H,19,20)/t9-/m1/s1. The minimum absolute atomic E-state index is 0.0879. The lowest BCUT2D eigenvalue weighted by Crippen LogP contribution is -2.44. The van der Waals surface area contributed by atoms with Gasteiger partial charge in [-0.15, -0.1) is 0 Å². The number of fused-ring (bicyclic) bond motifs is 1. The number of rotatable bonds is 2. The summed E-state index contributed by atoms with van der Waals surface area (Å²) in [6.07, 6.45) is 1.51. The lowest BCUT2D eigenvalue weighted by atomic mass is 10.1. The molecule has 5 nitrogen and oxygen atoms in total. The number of aryl methyl sites for hydroxylation is 1. The minimum atomic E-state index is -1.05. The molecule has 0 radical (unpaired) electrons.